The maximum absolute atomic E-state index is 13.4. The van der Waals surface area contributed by atoms with Crippen molar-refractivity contribution in [2.45, 2.75) is 25.7 Å². The number of amides is 2. The van der Waals surface area contributed by atoms with E-state index in [1.54, 1.807) is 19.1 Å². The van der Waals surface area contributed by atoms with Crippen molar-refractivity contribution in [2.24, 2.45) is 17.8 Å². The molecule has 1 aromatic rings. The quantitative estimate of drug-likeness (QED) is 0.301. The lowest BCUT2D eigenvalue weighted by Gasteiger charge is -2.42. The molecule has 1 aromatic carbocycles. The molecule has 0 radical (unpaired) electrons. The third kappa shape index (κ3) is 2.89. The molecule has 0 spiro atoms. The summed E-state index contributed by atoms with van der Waals surface area (Å²) in [6, 6.07) is 2.97. The van der Waals surface area contributed by atoms with E-state index in [4.69, 9.17) is 9.47 Å². The standard InChI is InChI=1S/C25H23NO8/c1-10-6-16(27)15-9-14-12(4-5-13-19(14)25(31)26(32)24(13)30)20(21(15)23(10)29)22-17(28)7-11(33-2)8-18(22)34-3/h4,6-8,13-14,19-20,28,32H,5,9H2,1-3H3. The molecule has 5 rings (SSSR count). The monoisotopic (exact) mass is 465 g/mol. The lowest BCUT2D eigenvalue weighted by Crippen LogP contribution is -2.39. The van der Waals surface area contributed by atoms with Crippen LogP contribution in [0.4, 0.5) is 0 Å². The molecule has 2 amide bonds. The fraction of sp³-hybridized carbons (Fsp3) is 0.360. The van der Waals surface area contributed by atoms with Crippen LogP contribution in [0.25, 0.3) is 0 Å². The normalized spacial score (nSPS) is 28.3. The number of hydrogen-bond acceptors (Lipinski definition) is 8. The van der Waals surface area contributed by atoms with Crippen LogP contribution < -0.4 is 9.47 Å². The summed E-state index contributed by atoms with van der Waals surface area (Å²) >= 11 is 0. The molecule has 1 aliphatic heterocycles. The first-order valence-electron chi connectivity index (χ1n) is 10.9. The molecule has 1 saturated heterocycles. The SMILES string of the molecule is COc1cc(O)c(C2C3=CCC4C(=O)N(O)C(=O)C4C3CC3=C2C(=O)C(C)=CC3=O)c(OC)c1. The average molecular weight is 465 g/mol. The number of Topliss-reactive ketones (excluding diaryl/α,β-unsaturated/α-hetero) is 1. The van der Waals surface area contributed by atoms with Crippen molar-refractivity contribution in [3.05, 3.63) is 52.1 Å². The van der Waals surface area contributed by atoms with Crippen LogP contribution in [0.2, 0.25) is 0 Å². The van der Waals surface area contributed by atoms with Gasteiger partial charge in [-0.3, -0.25) is 24.4 Å². The summed E-state index contributed by atoms with van der Waals surface area (Å²) in [7, 11) is 2.86. The number of nitrogens with zero attached hydrogens (tertiary/aromatic N) is 1. The molecule has 2 N–H and O–H groups in total. The van der Waals surface area contributed by atoms with Gasteiger partial charge in [0.05, 0.1) is 26.1 Å². The first-order chi connectivity index (χ1) is 16.2. The molecule has 0 saturated carbocycles. The zero-order valence-corrected chi connectivity index (χ0v) is 18.8. The number of hydrogen-bond donors (Lipinski definition) is 2. The summed E-state index contributed by atoms with van der Waals surface area (Å²) in [6.45, 7) is 1.56. The number of aromatic hydroxyl groups is 1. The van der Waals surface area contributed by atoms with E-state index in [-0.39, 0.29) is 63.3 Å². The summed E-state index contributed by atoms with van der Waals surface area (Å²) in [5, 5.41) is 21.2. The Bertz CT molecular complexity index is 1270. The minimum atomic E-state index is -0.869. The van der Waals surface area contributed by atoms with Gasteiger partial charge < -0.3 is 14.6 Å². The lowest BCUT2D eigenvalue weighted by atomic mass is 9.59. The summed E-state index contributed by atoms with van der Waals surface area (Å²) in [5.74, 6) is -4.75. The largest absolute Gasteiger partial charge is 0.507 e. The first-order valence-corrected chi connectivity index (χ1v) is 10.9. The van der Waals surface area contributed by atoms with Gasteiger partial charge in [0.2, 0.25) is 0 Å². The Morgan fingerprint density at radius 3 is 2.44 bits per heavy atom. The van der Waals surface area contributed by atoms with E-state index in [0.717, 1.165) is 0 Å². The van der Waals surface area contributed by atoms with Crippen LogP contribution in [0.3, 0.4) is 0 Å². The third-order valence-electron chi connectivity index (χ3n) is 7.38. The Morgan fingerprint density at radius 1 is 1.03 bits per heavy atom. The second kappa shape index (κ2) is 7.66. The molecule has 1 fully saturated rings. The predicted octanol–water partition coefficient (Wildman–Crippen LogP) is 2.23. The summed E-state index contributed by atoms with van der Waals surface area (Å²) in [6.07, 6.45) is 3.34. The summed E-state index contributed by atoms with van der Waals surface area (Å²) in [5.41, 5.74) is 1.69. The number of rotatable bonds is 3. The molecule has 4 atom stereocenters. The number of carbonyl (C=O) groups is 4. The number of allylic oxidation sites excluding steroid dienone is 6. The van der Waals surface area contributed by atoms with Crippen molar-refractivity contribution in [1.29, 1.82) is 0 Å². The third-order valence-corrected chi connectivity index (χ3v) is 7.38. The zero-order chi connectivity index (χ0) is 24.5. The minimum Gasteiger partial charge on any atom is -0.507 e. The number of phenolic OH excluding ortho intramolecular Hbond substituents is 1. The minimum absolute atomic E-state index is 0.0826. The van der Waals surface area contributed by atoms with Gasteiger partial charge in [0.1, 0.15) is 17.2 Å². The summed E-state index contributed by atoms with van der Waals surface area (Å²) in [4.78, 5) is 51.7. The number of ketones is 2. The fourth-order valence-corrected chi connectivity index (χ4v) is 5.84. The van der Waals surface area contributed by atoms with Crippen LogP contribution in [-0.4, -0.2) is 53.0 Å². The molecule has 0 bridgehead atoms. The van der Waals surface area contributed by atoms with Crippen molar-refractivity contribution in [3.8, 4) is 17.2 Å². The molecule has 9 heteroatoms. The van der Waals surface area contributed by atoms with E-state index < -0.39 is 35.5 Å². The van der Waals surface area contributed by atoms with Crippen molar-refractivity contribution in [1.82, 2.24) is 5.06 Å². The predicted molar refractivity (Wildman–Crippen MR) is 116 cm³/mol. The number of carbonyl (C=O) groups excluding carboxylic acids is 4. The van der Waals surface area contributed by atoms with Crippen LogP contribution in [0.5, 0.6) is 17.2 Å². The Labute approximate surface area is 194 Å². The number of phenols is 1. The van der Waals surface area contributed by atoms with Crippen molar-refractivity contribution >= 4 is 23.4 Å². The number of hydroxylamine groups is 2. The second-order valence-electron chi connectivity index (χ2n) is 8.98. The highest BCUT2D eigenvalue weighted by Gasteiger charge is 2.56. The Hall–Kier alpha value is -3.72. The van der Waals surface area contributed by atoms with E-state index in [1.807, 2.05) is 0 Å². The van der Waals surface area contributed by atoms with E-state index >= 15 is 0 Å². The Morgan fingerprint density at radius 2 is 1.76 bits per heavy atom. The Balaban J connectivity index is 1.77. The molecule has 34 heavy (non-hydrogen) atoms. The van der Waals surface area contributed by atoms with Gasteiger partial charge >= 0.3 is 0 Å². The number of fused-ring (bicyclic) bond motifs is 3. The Kier molecular flexibility index (Phi) is 4.98. The van der Waals surface area contributed by atoms with Gasteiger partial charge in [-0.1, -0.05) is 11.6 Å². The highest BCUT2D eigenvalue weighted by molar-refractivity contribution is 6.24. The molecule has 1 heterocycles. The lowest BCUT2D eigenvalue weighted by molar-refractivity contribution is -0.173. The maximum atomic E-state index is 13.4. The van der Waals surface area contributed by atoms with Crippen molar-refractivity contribution < 1.29 is 39.0 Å². The van der Waals surface area contributed by atoms with Gasteiger partial charge in [-0.2, -0.15) is 5.06 Å². The molecule has 4 aliphatic rings. The first kappa shape index (κ1) is 22.1. The van der Waals surface area contributed by atoms with E-state index in [9.17, 15) is 29.5 Å². The topological polar surface area (TPSA) is 130 Å². The number of methoxy groups -OCH3 is 2. The van der Waals surface area contributed by atoms with E-state index in [2.05, 4.69) is 0 Å². The molecular weight excluding hydrogens is 442 g/mol. The van der Waals surface area contributed by atoms with Crippen LogP contribution in [0, 0.1) is 17.8 Å². The average Bonchev–Trinajstić information content (AvgIpc) is 3.05. The smallest absolute Gasteiger partial charge is 0.257 e. The van der Waals surface area contributed by atoms with Crippen LogP contribution in [0.15, 0.2) is 46.6 Å². The van der Waals surface area contributed by atoms with Gasteiger partial charge in [0.15, 0.2) is 11.6 Å². The molecule has 4 unspecified atom stereocenters. The molecule has 9 nitrogen and oxygen atoms in total. The number of imide groups is 1. The maximum Gasteiger partial charge on any atom is 0.257 e. The number of benzene rings is 1. The van der Waals surface area contributed by atoms with Crippen LogP contribution >= 0.6 is 0 Å². The van der Waals surface area contributed by atoms with Crippen molar-refractivity contribution in [3.63, 3.8) is 0 Å². The van der Waals surface area contributed by atoms with Crippen LogP contribution in [-0.2, 0) is 19.2 Å². The second-order valence-corrected chi connectivity index (χ2v) is 8.98. The molecule has 0 aromatic heterocycles. The van der Waals surface area contributed by atoms with Gasteiger partial charge in [-0.25, -0.2) is 0 Å². The van der Waals surface area contributed by atoms with Crippen LogP contribution in [0.1, 0.15) is 31.2 Å². The number of ether oxygens (including phenoxy) is 2. The van der Waals surface area contributed by atoms with E-state index in [0.29, 0.717) is 11.3 Å². The highest BCUT2D eigenvalue weighted by Crippen LogP contribution is 2.57. The van der Waals surface area contributed by atoms with Crippen molar-refractivity contribution in [2.75, 3.05) is 14.2 Å². The summed E-state index contributed by atoms with van der Waals surface area (Å²) < 4.78 is 10.8. The molecule has 176 valence electrons. The molecule has 3 aliphatic carbocycles. The highest BCUT2D eigenvalue weighted by atomic mass is 16.5. The van der Waals surface area contributed by atoms with Gasteiger partial charge in [-0.15, -0.1) is 0 Å². The fourth-order valence-electron chi connectivity index (χ4n) is 5.84. The zero-order valence-electron chi connectivity index (χ0n) is 18.8. The van der Waals surface area contributed by atoms with E-state index in [1.165, 1.54) is 26.4 Å². The van der Waals surface area contributed by atoms with Gasteiger partial charge in [0, 0.05) is 40.3 Å². The van der Waals surface area contributed by atoms with Gasteiger partial charge in [-0.05, 0) is 31.8 Å². The molecular formula is C25H23NO8. The van der Waals surface area contributed by atoms with Gasteiger partial charge in [0.25, 0.3) is 11.8 Å².